The van der Waals surface area contributed by atoms with Crippen LogP contribution in [0.1, 0.15) is 32.1 Å². The number of hydrogen-bond acceptors (Lipinski definition) is 5. The maximum atomic E-state index is 12.4. The number of halogens is 1. The van der Waals surface area contributed by atoms with Crippen molar-refractivity contribution in [2.75, 3.05) is 40.3 Å². The molecule has 0 amide bonds. The van der Waals surface area contributed by atoms with E-state index in [1.54, 1.807) is 0 Å². The van der Waals surface area contributed by atoms with Crippen molar-refractivity contribution in [3.8, 4) is 0 Å². The van der Waals surface area contributed by atoms with Crippen molar-refractivity contribution in [2.45, 2.75) is 38.1 Å². The van der Waals surface area contributed by atoms with Gasteiger partial charge in [0, 0.05) is 32.7 Å². The average Bonchev–Trinajstić information content (AvgIpc) is 3.34. The summed E-state index contributed by atoms with van der Waals surface area (Å²) in [6.07, 6.45) is 4.41. The number of piperidine rings is 1. The first-order valence-electron chi connectivity index (χ1n) is 7.95. The molecule has 1 saturated heterocycles. The molecule has 0 aromatic heterocycles. The molecule has 0 aromatic carbocycles. The minimum Gasteiger partial charge on any atom is -0.469 e. The van der Waals surface area contributed by atoms with Crippen LogP contribution in [0.15, 0.2) is 0 Å². The third-order valence-corrected chi connectivity index (χ3v) is 6.41. The van der Waals surface area contributed by atoms with Crippen LogP contribution in [0.4, 0.5) is 0 Å². The molecule has 0 spiro atoms. The summed E-state index contributed by atoms with van der Waals surface area (Å²) in [5.41, 5.74) is 0. The van der Waals surface area contributed by atoms with Crippen molar-refractivity contribution in [3.63, 3.8) is 0 Å². The quantitative estimate of drug-likeness (QED) is 0.634. The highest BCUT2D eigenvalue weighted by Gasteiger charge is 2.31. The zero-order valence-corrected chi connectivity index (χ0v) is 15.5. The maximum absolute atomic E-state index is 12.4. The van der Waals surface area contributed by atoms with Gasteiger partial charge in [0.15, 0.2) is 0 Å². The number of rotatable bonds is 8. The molecule has 0 bridgehead atoms. The Bertz CT molecular complexity index is 476. The Morgan fingerprint density at radius 3 is 2.39 bits per heavy atom. The summed E-state index contributed by atoms with van der Waals surface area (Å²) in [7, 11) is -0.666. The molecule has 136 valence electrons. The zero-order valence-electron chi connectivity index (χ0n) is 13.9. The molecule has 1 aliphatic heterocycles. The van der Waals surface area contributed by atoms with E-state index in [2.05, 4.69) is 10.1 Å². The summed E-state index contributed by atoms with van der Waals surface area (Å²) >= 11 is 0. The molecule has 0 radical (unpaired) electrons. The zero-order chi connectivity index (χ0) is 16.2. The van der Waals surface area contributed by atoms with E-state index in [0.29, 0.717) is 19.1 Å². The Kier molecular flexibility index (Phi) is 8.23. The van der Waals surface area contributed by atoms with E-state index in [0.717, 1.165) is 25.3 Å². The molecule has 2 aliphatic rings. The van der Waals surface area contributed by atoms with Crippen LogP contribution in [0, 0.1) is 5.92 Å². The van der Waals surface area contributed by atoms with Gasteiger partial charge in [0.25, 0.3) is 10.2 Å². The number of carbonyl (C=O) groups is 1. The van der Waals surface area contributed by atoms with Crippen LogP contribution >= 0.6 is 12.4 Å². The summed E-state index contributed by atoms with van der Waals surface area (Å²) in [4.78, 5) is 11.1. The minimum absolute atomic E-state index is 0. The second-order valence-corrected chi connectivity index (χ2v) is 8.22. The van der Waals surface area contributed by atoms with Crippen LogP contribution in [0.5, 0.6) is 0 Å². The van der Waals surface area contributed by atoms with Crippen LogP contribution in [0.2, 0.25) is 0 Å². The van der Waals surface area contributed by atoms with Gasteiger partial charge in [-0.1, -0.05) is 0 Å². The highest BCUT2D eigenvalue weighted by atomic mass is 35.5. The first-order valence-corrected chi connectivity index (χ1v) is 9.34. The summed E-state index contributed by atoms with van der Waals surface area (Å²) in [5.74, 6) is 0.441. The molecule has 1 heterocycles. The molecule has 0 unspecified atom stereocenters. The Labute approximate surface area is 145 Å². The first kappa shape index (κ1) is 20.6. The van der Waals surface area contributed by atoms with Crippen molar-refractivity contribution in [1.29, 1.82) is 0 Å². The van der Waals surface area contributed by atoms with E-state index in [1.165, 1.54) is 35.6 Å². The van der Waals surface area contributed by atoms with Crippen LogP contribution in [0.25, 0.3) is 0 Å². The third kappa shape index (κ3) is 6.19. The highest BCUT2D eigenvalue weighted by Crippen LogP contribution is 2.28. The molecular formula is C14H28ClN3O4S. The van der Waals surface area contributed by atoms with Gasteiger partial charge in [-0.05, 0) is 38.1 Å². The summed E-state index contributed by atoms with van der Waals surface area (Å²) < 4.78 is 32.2. The molecule has 1 aliphatic carbocycles. The van der Waals surface area contributed by atoms with E-state index in [1.807, 2.05) is 0 Å². The molecule has 2 fully saturated rings. The van der Waals surface area contributed by atoms with Crippen LogP contribution in [0.3, 0.4) is 0 Å². The summed E-state index contributed by atoms with van der Waals surface area (Å²) in [6, 6.07) is 0.424. The standard InChI is InChI=1S/C14H27N3O4S.ClH/c1-16(8-7-14(18)21-2)22(19,20)17-9-5-13(6-10-17)15-11-12-3-4-12;/h12-13,15H,3-11H2,1-2H3;1H. The normalized spacial score (nSPS) is 20.3. The van der Waals surface area contributed by atoms with Crippen molar-refractivity contribution in [2.24, 2.45) is 5.92 Å². The first-order chi connectivity index (χ1) is 10.4. The number of carbonyl (C=O) groups excluding carboxylic acids is 1. The monoisotopic (exact) mass is 369 g/mol. The largest absolute Gasteiger partial charge is 0.469 e. The van der Waals surface area contributed by atoms with E-state index in [9.17, 15) is 13.2 Å². The van der Waals surface area contributed by atoms with Gasteiger partial charge in [0.2, 0.25) is 0 Å². The lowest BCUT2D eigenvalue weighted by atomic mass is 10.1. The summed E-state index contributed by atoms with van der Waals surface area (Å²) in [6.45, 7) is 2.28. The molecule has 23 heavy (non-hydrogen) atoms. The fourth-order valence-electron chi connectivity index (χ4n) is 2.61. The molecular weight excluding hydrogens is 342 g/mol. The van der Waals surface area contributed by atoms with Crippen molar-refractivity contribution in [1.82, 2.24) is 13.9 Å². The molecule has 1 saturated carbocycles. The molecule has 9 heteroatoms. The second-order valence-electron chi connectivity index (χ2n) is 6.18. The van der Waals surface area contributed by atoms with Gasteiger partial charge in [0.05, 0.1) is 13.5 Å². The molecule has 0 aromatic rings. The van der Waals surface area contributed by atoms with Gasteiger partial charge < -0.3 is 10.1 Å². The van der Waals surface area contributed by atoms with Crippen molar-refractivity contribution in [3.05, 3.63) is 0 Å². The lowest BCUT2D eigenvalue weighted by Crippen LogP contribution is -2.49. The van der Waals surface area contributed by atoms with Crippen molar-refractivity contribution < 1.29 is 17.9 Å². The lowest BCUT2D eigenvalue weighted by Gasteiger charge is -2.34. The number of methoxy groups -OCH3 is 1. The Hall–Kier alpha value is -0.410. The van der Waals surface area contributed by atoms with E-state index in [4.69, 9.17) is 0 Å². The second kappa shape index (κ2) is 9.17. The molecule has 7 nitrogen and oxygen atoms in total. The van der Waals surface area contributed by atoms with Gasteiger partial charge in [-0.25, -0.2) is 0 Å². The number of ether oxygens (including phenoxy) is 1. The van der Waals surface area contributed by atoms with E-state index in [-0.39, 0.29) is 25.4 Å². The Morgan fingerprint density at radius 2 is 1.87 bits per heavy atom. The fraction of sp³-hybridized carbons (Fsp3) is 0.929. The predicted molar refractivity (Wildman–Crippen MR) is 90.8 cm³/mol. The lowest BCUT2D eigenvalue weighted by molar-refractivity contribution is -0.140. The number of nitrogens with one attached hydrogen (secondary N) is 1. The van der Waals surface area contributed by atoms with Gasteiger partial charge in [0.1, 0.15) is 0 Å². The number of esters is 1. The summed E-state index contributed by atoms with van der Waals surface area (Å²) in [5, 5.41) is 3.54. The average molecular weight is 370 g/mol. The van der Waals surface area contributed by atoms with Gasteiger partial charge in [-0.3, -0.25) is 4.79 Å². The maximum Gasteiger partial charge on any atom is 0.306 e. The highest BCUT2D eigenvalue weighted by molar-refractivity contribution is 7.86. The van der Waals surface area contributed by atoms with E-state index < -0.39 is 16.2 Å². The van der Waals surface area contributed by atoms with Crippen molar-refractivity contribution >= 4 is 28.6 Å². The van der Waals surface area contributed by atoms with Gasteiger partial charge >= 0.3 is 5.97 Å². The Morgan fingerprint density at radius 1 is 1.26 bits per heavy atom. The minimum atomic E-state index is -3.48. The third-order valence-electron chi connectivity index (χ3n) is 4.42. The SMILES string of the molecule is COC(=O)CCN(C)S(=O)(=O)N1CCC(NCC2CC2)CC1.Cl. The number of nitrogens with zero attached hydrogens (tertiary/aromatic N) is 2. The number of hydrogen-bond donors (Lipinski definition) is 1. The topological polar surface area (TPSA) is 79.0 Å². The molecule has 2 rings (SSSR count). The fourth-order valence-corrected chi connectivity index (χ4v) is 4.00. The van der Waals surface area contributed by atoms with Crippen LogP contribution in [-0.2, 0) is 19.7 Å². The van der Waals surface area contributed by atoms with Gasteiger partial charge in [-0.15, -0.1) is 12.4 Å². The molecule has 1 N–H and O–H groups in total. The van der Waals surface area contributed by atoms with E-state index >= 15 is 0 Å². The van der Waals surface area contributed by atoms with Gasteiger partial charge in [-0.2, -0.15) is 17.0 Å². The van der Waals surface area contributed by atoms with Crippen LogP contribution < -0.4 is 5.32 Å². The predicted octanol–water partition coefficient (Wildman–Crippen LogP) is 0.612. The van der Waals surface area contributed by atoms with Crippen LogP contribution in [-0.4, -0.2) is 69.4 Å². The Balaban J connectivity index is 0.00000264. The smallest absolute Gasteiger partial charge is 0.306 e. The molecule has 0 atom stereocenters.